The number of likely N-dealkylation sites (N-methyl/N-ethyl adjacent to an activating group) is 2. The van der Waals surface area contributed by atoms with E-state index in [1.807, 2.05) is 0 Å². The van der Waals surface area contributed by atoms with Gasteiger partial charge in [-0.2, -0.15) is 0 Å². The Bertz CT molecular complexity index is 273. The van der Waals surface area contributed by atoms with Crippen molar-refractivity contribution < 1.29 is 0 Å². The summed E-state index contributed by atoms with van der Waals surface area (Å²) in [6, 6.07) is 1.29. The minimum Gasteiger partial charge on any atom is -0.315 e. The van der Waals surface area contributed by atoms with Gasteiger partial charge in [0.05, 0.1) is 0 Å². The molecule has 120 valence electrons. The van der Waals surface area contributed by atoms with Gasteiger partial charge in [-0.15, -0.1) is 0 Å². The van der Waals surface area contributed by atoms with Crippen molar-refractivity contribution in [2.75, 3.05) is 40.8 Å². The SMILES string of the molecule is CNC1C(N(CCN(C)C)CC(C)C)CCCC1(C)C. The van der Waals surface area contributed by atoms with Crippen molar-refractivity contribution in [1.29, 1.82) is 0 Å². The molecule has 2 unspecified atom stereocenters. The Morgan fingerprint density at radius 2 is 1.85 bits per heavy atom. The maximum atomic E-state index is 3.63. The van der Waals surface area contributed by atoms with Gasteiger partial charge >= 0.3 is 0 Å². The monoisotopic (exact) mass is 283 g/mol. The maximum absolute atomic E-state index is 3.63. The van der Waals surface area contributed by atoms with Crippen LogP contribution in [0.25, 0.3) is 0 Å². The molecule has 1 fully saturated rings. The first-order valence-corrected chi connectivity index (χ1v) is 8.34. The zero-order valence-corrected chi connectivity index (χ0v) is 14.9. The predicted molar refractivity (Wildman–Crippen MR) is 89.2 cm³/mol. The van der Waals surface area contributed by atoms with Gasteiger partial charge in [0.15, 0.2) is 0 Å². The highest BCUT2D eigenvalue weighted by Crippen LogP contribution is 2.37. The van der Waals surface area contributed by atoms with Gasteiger partial charge in [0.2, 0.25) is 0 Å². The Labute approximate surface area is 127 Å². The Balaban J connectivity index is 2.80. The number of rotatable bonds is 7. The molecule has 0 aromatic heterocycles. The molecular formula is C17H37N3. The van der Waals surface area contributed by atoms with E-state index in [0.29, 0.717) is 17.5 Å². The molecule has 0 saturated heterocycles. The lowest BCUT2D eigenvalue weighted by molar-refractivity contribution is 0.0419. The number of nitrogens with one attached hydrogen (secondary N) is 1. The first-order chi connectivity index (χ1) is 9.27. The lowest BCUT2D eigenvalue weighted by Crippen LogP contribution is -2.59. The second-order valence-electron chi connectivity index (χ2n) is 7.91. The van der Waals surface area contributed by atoms with Crippen LogP contribution in [0.4, 0.5) is 0 Å². The van der Waals surface area contributed by atoms with Crippen molar-refractivity contribution in [3.63, 3.8) is 0 Å². The average molecular weight is 284 g/mol. The molecule has 3 nitrogen and oxygen atoms in total. The molecule has 1 aliphatic carbocycles. The van der Waals surface area contributed by atoms with Crippen LogP contribution in [0.15, 0.2) is 0 Å². The van der Waals surface area contributed by atoms with Crippen molar-refractivity contribution in [1.82, 2.24) is 15.1 Å². The van der Waals surface area contributed by atoms with E-state index < -0.39 is 0 Å². The van der Waals surface area contributed by atoms with Crippen molar-refractivity contribution in [3.05, 3.63) is 0 Å². The van der Waals surface area contributed by atoms with E-state index in [2.05, 4.69) is 64.0 Å². The van der Waals surface area contributed by atoms with Gasteiger partial charge in [-0.25, -0.2) is 0 Å². The van der Waals surface area contributed by atoms with Crippen molar-refractivity contribution in [3.8, 4) is 0 Å². The Morgan fingerprint density at radius 1 is 1.20 bits per heavy atom. The normalized spacial score (nSPS) is 26.7. The molecule has 0 bridgehead atoms. The van der Waals surface area contributed by atoms with Crippen LogP contribution in [-0.2, 0) is 0 Å². The zero-order chi connectivity index (χ0) is 15.3. The maximum Gasteiger partial charge on any atom is 0.0271 e. The summed E-state index contributed by atoms with van der Waals surface area (Å²) in [7, 11) is 6.49. The molecule has 2 atom stereocenters. The van der Waals surface area contributed by atoms with Gasteiger partial charge in [-0.3, -0.25) is 4.90 Å². The predicted octanol–water partition coefficient (Wildman–Crippen LogP) is 2.67. The molecule has 0 radical (unpaired) electrons. The van der Waals surface area contributed by atoms with E-state index in [1.54, 1.807) is 0 Å². The van der Waals surface area contributed by atoms with Gasteiger partial charge in [-0.05, 0) is 45.3 Å². The number of hydrogen-bond acceptors (Lipinski definition) is 3. The molecule has 0 heterocycles. The fourth-order valence-corrected chi connectivity index (χ4v) is 3.78. The Kier molecular flexibility index (Phi) is 6.96. The van der Waals surface area contributed by atoms with Crippen LogP contribution in [0, 0.1) is 11.3 Å². The molecule has 0 amide bonds. The summed E-state index contributed by atoms with van der Waals surface area (Å²) in [5.74, 6) is 0.736. The third-order valence-electron chi connectivity index (χ3n) is 4.76. The van der Waals surface area contributed by atoms with Gasteiger partial charge in [0, 0.05) is 31.7 Å². The fraction of sp³-hybridized carbons (Fsp3) is 1.00. The topological polar surface area (TPSA) is 18.5 Å². The first-order valence-electron chi connectivity index (χ1n) is 8.34. The molecule has 3 heteroatoms. The average Bonchev–Trinajstić information content (AvgIpc) is 2.32. The minimum absolute atomic E-state index is 0.408. The van der Waals surface area contributed by atoms with E-state index in [9.17, 15) is 0 Å². The van der Waals surface area contributed by atoms with Crippen molar-refractivity contribution >= 4 is 0 Å². The molecule has 0 aromatic carbocycles. The Hall–Kier alpha value is -0.120. The van der Waals surface area contributed by atoms with E-state index in [-0.39, 0.29) is 0 Å². The molecule has 0 aromatic rings. The highest BCUT2D eigenvalue weighted by Gasteiger charge is 2.40. The van der Waals surface area contributed by atoms with Crippen molar-refractivity contribution in [2.45, 2.75) is 59.0 Å². The standard InChI is InChI=1S/C17H37N3/c1-14(2)13-20(12-11-19(6)7)15-9-8-10-17(3,4)16(15)18-5/h14-16,18H,8-13H2,1-7H3. The van der Waals surface area contributed by atoms with Crippen LogP contribution in [0.1, 0.15) is 47.0 Å². The lowest BCUT2D eigenvalue weighted by atomic mass is 9.70. The summed E-state index contributed by atoms with van der Waals surface area (Å²) in [6.45, 7) is 13.1. The van der Waals surface area contributed by atoms with E-state index in [4.69, 9.17) is 0 Å². The molecule has 1 rings (SSSR count). The molecule has 20 heavy (non-hydrogen) atoms. The lowest BCUT2D eigenvalue weighted by Gasteiger charge is -2.49. The molecular weight excluding hydrogens is 246 g/mol. The third-order valence-corrected chi connectivity index (χ3v) is 4.76. The van der Waals surface area contributed by atoms with Crippen LogP contribution in [0.5, 0.6) is 0 Å². The number of nitrogens with zero attached hydrogens (tertiary/aromatic N) is 2. The summed E-state index contributed by atoms with van der Waals surface area (Å²) in [4.78, 5) is 5.04. The molecule has 0 aliphatic heterocycles. The first kappa shape index (κ1) is 17.9. The molecule has 0 spiro atoms. The highest BCUT2D eigenvalue weighted by atomic mass is 15.2. The van der Waals surface area contributed by atoms with Gasteiger partial charge in [0.1, 0.15) is 0 Å². The van der Waals surface area contributed by atoms with Crippen LogP contribution in [-0.4, -0.2) is 62.7 Å². The minimum atomic E-state index is 0.408. The summed E-state index contributed by atoms with van der Waals surface area (Å²) in [5, 5.41) is 3.63. The summed E-state index contributed by atoms with van der Waals surface area (Å²) in [5.41, 5.74) is 0.408. The number of hydrogen-bond donors (Lipinski definition) is 1. The highest BCUT2D eigenvalue weighted by molar-refractivity contribution is 4.97. The molecule has 1 saturated carbocycles. The van der Waals surface area contributed by atoms with E-state index >= 15 is 0 Å². The van der Waals surface area contributed by atoms with Gasteiger partial charge in [-0.1, -0.05) is 34.1 Å². The quantitative estimate of drug-likeness (QED) is 0.775. The van der Waals surface area contributed by atoms with E-state index in [1.165, 1.54) is 32.4 Å². The summed E-state index contributed by atoms with van der Waals surface area (Å²) >= 11 is 0. The Morgan fingerprint density at radius 3 is 2.35 bits per heavy atom. The van der Waals surface area contributed by atoms with Gasteiger partial charge in [0.25, 0.3) is 0 Å². The second-order valence-corrected chi connectivity index (χ2v) is 7.91. The fourth-order valence-electron chi connectivity index (χ4n) is 3.78. The summed E-state index contributed by atoms with van der Waals surface area (Å²) < 4.78 is 0. The van der Waals surface area contributed by atoms with Crippen LogP contribution in [0.2, 0.25) is 0 Å². The van der Waals surface area contributed by atoms with Crippen molar-refractivity contribution in [2.24, 2.45) is 11.3 Å². The summed E-state index contributed by atoms with van der Waals surface area (Å²) in [6.07, 6.45) is 4.06. The molecule has 1 aliphatic rings. The van der Waals surface area contributed by atoms with Crippen LogP contribution < -0.4 is 5.32 Å². The van der Waals surface area contributed by atoms with Crippen LogP contribution >= 0.6 is 0 Å². The molecule has 1 N–H and O–H groups in total. The van der Waals surface area contributed by atoms with Crippen LogP contribution in [0.3, 0.4) is 0 Å². The smallest absolute Gasteiger partial charge is 0.0271 e. The largest absolute Gasteiger partial charge is 0.315 e. The van der Waals surface area contributed by atoms with Gasteiger partial charge < -0.3 is 10.2 Å². The third kappa shape index (κ3) is 5.01. The zero-order valence-electron chi connectivity index (χ0n) is 14.9. The van der Waals surface area contributed by atoms with E-state index in [0.717, 1.165) is 12.5 Å². The second kappa shape index (κ2) is 7.77.